The van der Waals surface area contributed by atoms with E-state index in [1.807, 2.05) is 29.2 Å². The van der Waals surface area contributed by atoms with E-state index in [-0.39, 0.29) is 29.5 Å². The average molecular weight is 657 g/mol. The second-order valence-electron chi connectivity index (χ2n) is 15.1. The number of benzene rings is 2. The number of carbonyl (C=O) groups excluding carboxylic acids is 3. The molecule has 0 aromatic heterocycles. The fourth-order valence-corrected chi connectivity index (χ4v) is 9.25. The molecule has 2 unspecified atom stereocenters. The number of hydrogen-bond donors (Lipinski definition) is 1. The minimum Gasteiger partial charge on any atom is -0.453 e. The van der Waals surface area contributed by atoms with Gasteiger partial charge in [0.15, 0.2) is 0 Å². The molecular formula is C38H52N6O4. The SMILES string of the molecule is CC1(N2CCC(N3C(=O)Cc4ccccc43)CC2)CCNC1.COC(=O)N1CCC(C)(N2CCC(N3C(=O)Cc4ccccc43)CC2)C1. The van der Waals surface area contributed by atoms with Crippen LogP contribution in [0.4, 0.5) is 16.2 Å². The van der Waals surface area contributed by atoms with Crippen LogP contribution in [0.25, 0.3) is 0 Å². The van der Waals surface area contributed by atoms with Gasteiger partial charge >= 0.3 is 6.09 Å². The first-order valence-corrected chi connectivity index (χ1v) is 18.0. The lowest BCUT2D eigenvalue weighted by atomic mass is 9.93. The van der Waals surface area contributed by atoms with Crippen LogP contribution in [0, 0.1) is 0 Å². The third-order valence-corrected chi connectivity index (χ3v) is 12.1. The monoisotopic (exact) mass is 656 g/mol. The van der Waals surface area contributed by atoms with Gasteiger partial charge in [0.25, 0.3) is 0 Å². The van der Waals surface area contributed by atoms with Gasteiger partial charge in [0.2, 0.25) is 11.8 Å². The van der Waals surface area contributed by atoms with Gasteiger partial charge in [-0.2, -0.15) is 0 Å². The Bertz CT molecular complexity index is 1510. The molecule has 4 fully saturated rings. The molecule has 0 saturated carbocycles. The predicted octanol–water partition coefficient (Wildman–Crippen LogP) is 4.06. The number of piperidine rings is 2. The van der Waals surface area contributed by atoms with Crippen LogP contribution in [0.15, 0.2) is 48.5 Å². The first-order valence-electron chi connectivity index (χ1n) is 18.0. The van der Waals surface area contributed by atoms with E-state index in [0.29, 0.717) is 24.4 Å². The van der Waals surface area contributed by atoms with Crippen molar-refractivity contribution in [2.45, 2.75) is 88.4 Å². The van der Waals surface area contributed by atoms with Gasteiger partial charge in [-0.15, -0.1) is 0 Å². The van der Waals surface area contributed by atoms with Gasteiger partial charge in [0, 0.05) is 80.3 Å². The van der Waals surface area contributed by atoms with Crippen molar-refractivity contribution in [3.8, 4) is 0 Å². The third-order valence-electron chi connectivity index (χ3n) is 12.1. The standard InChI is InChI=1S/C20H27N3O3.C18H25N3O/c1-20(9-12-21(14-20)19(25)26-2)22-10-7-16(8-11-22)23-17-6-4-3-5-15(17)13-18(23)24;1-18(8-9-19-13-18)20-10-6-15(7-11-20)21-16-5-3-2-4-14(16)12-17(21)22/h3-6,16H,7-14H2,1-2H3;2-5,15,19H,6-13H2,1H3. The molecule has 6 heterocycles. The van der Waals surface area contributed by atoms with E-state index in [2.05, 4.69) is 58.1 Å². The molecular weight excluding hydrogens is 604 g/mol. The van der Waals surface area contributed by atoms with Gasteiger partial charge < -0.3 is 24.8 Å². The number of fused-ring (bicyclic) bond motifs is 2. The highest BCUT2D eigenvalue weighted by Gasteiger charge is 2.44. The summed E-state index contributed by atoms with van der Waals surface area (Å²) < 4.78 is 4.87. The maximum atomic E-state index is 12.5. The summed E-state index contributed by atoms with van der Waals surface area (Å²) in [4.78, 5) is 47.8. The van der Waals surface area contributed by atoms with Gasteiger partial charge in [-0.3, -0.25) is 19.4 Å². The summed E-state index contributed by atoms with van der Waals surface area (Å²) in [5, 5.41) is 3.49. The summed E-state index contributed by atoms with van der Waals surface area (Å²) in [6.07, 6.45) is 7.23. The molecule has 6 aliphatic heterocycles. The Labute approximate surface area is 285 Å². The maximum Gasteiger partial charge on any atom is 0.409 e. The van der Waals surface area contributed by atoms with Crippen LogP contribution in [0.5, 0.6) is 0 Å². The number of carbonyl (C=O) groups is 3. The Morgan fingerprint density at radius 1 is 0.729 bits per heavy atom. The van der Waals surface area contributed by atoms with Crippen molar-refractivity contribution in [1.82, 2.24) is 20.0 Å². The molecule has 8 rings (SSSR count). The highest BCUT2D eigenvalue weighted by Crippen LogP contribution is 2.37. The molecule has 2 atom stereocenters. The van der Waals surface area contributed by atoms with Crippen molar-refractivity contribution >= 4 is 29.3 Å². The summed E-state index contributed by atoms with van der Waals surface area (Å²) >= 11 is 0. The molecule has 48 heavy (non-hydrogen) atoms. The zero-order valence-electron chi connectivity index (χ0n) is 29.0. The van der Waals surface area contributed by atoms with Gasteiger partial charge in [0.05, 0.1) is 20.0 Å². The fraction of sp³-hybridized carbons (Fsp3) is 0.605. The number of methoxy groups -OCH3 is 1. The van der Waals surface area contributed by atoms with Crippen LogP contribution in [-0.4, -0.2) is 115 Å². The normalized spacial score (nSPS) is 28.4. The Kier molecular flexibility index (Phi) is 9.26. The van der Waals surface area contributed by atoms with E-state index in [9.17, 15) is 14.4 Å². The molecule has 10 heteroatoms. The molecule has 0 bridgehead atoms. The van der Waals surface area contributed by atoms with E-state index in [1.165, 1.54) is 19.1 Å². The van der Waals surface area contributed by atoms with Crippen molar-refractivity contribution in [2.24, 2.45) is 0 Å². The van der Waals surface area contributed by atoms with Gasteiger partial charge in [-0.05, 0) is 82.2 Å². The topological polar surface area (TPSA) is 88.7 Å². The van der Waals surface area contributed by atoms with Crippen molar-refractivity contribution in [2.75, 3.05) is 69.3 Å². The maximum absolute atomic E-state index is 12.5. The number of likely N-dealkylation sites (tertiary alicyclic amines) is 3. The van der Waals surface area contributed by atoms with Crippen LogP contribution in [0.3, 0.4) is 0 Å². The molecule has 6 aliphatic rings. The molecule has 4 saturated heterocycles. The van der Waals surface area contributed by atoms with E-state index in [0.717, 1.165) is 101 Å². The van der Waals surface area contributed by atoms with Crippen LogP contribution < -0.4 is 15.1 Å². The largest absolute Gasteiger partial charge is 0.453 e. The molecule has 1 N–H and O–H groups in total. The minimum atomic E-state index is -0.233. The number of hydrogen-bond acceptors (Lipinski definition) is 7. The van der Waals surface area contributed by atoms with E-state index >= 15 is 0 Å². The van der Waals surface area contributed by atoms with Crippen molar-refractivity contribution in [3.63, 3.8) is 0 Å². The highest BCUT2D eigenvalue weighted by atomic mass is 16.5. The van der Waals surface area contributed by atoms with Gasteiger partial charge in [0.1, 0.15) is 0 Å². The number of ether oxygens (including phenoxy) is 1. The molecule has 0 spiro atoms. The molecule has 0 radical (unpaired) electrons. The Morgan fingerprint density at radius 3 is 1.71 bits per heavy atom. The first-order chi connectivity index (χ1) is 23.2. The van der Waals surface area contributed by atoms with Crippen LogP contribution in [0.1, 0.15) is 63.5 Å². The summed E-state index contributed by atoms with van der Waals surface area (Å²) in [6, 6.07) is 17.1. The second-order valence-corrected chi connectivity index (χ2v) is 15.1. The predicted molar refractivity (Wildman–Crippen MR) is 187 cm³/mol. The van der Waals surface area contributed by atoms with Crippen molar-refractivity contribution in [1.29, 1.82) is 0 Å². The summed E-state index contributed by atoms with van der Waals surface area (Å²) in [5.41, 5.74) is 4.92. The number of rotatable bonds is 4. The van der Waals surface area contributed by atoms with Crippen molar-refractivity contribution < 1.29 is 19.1 Å². The number of anilines is 2. The zero-order valence-corrected chi connectivity index (χ0v) is 29.0. The Morgan fingerprint density at radius 2 is 1.23 bits per heavy atom. The molecule has 3 amide bonds. The number of para-hydroxylation sites is 2. The summed E-state index contributed by atoms with van der Waals surface area (Å²) in [5.74, 6) is 0.516. The molecule has 10 nitrogen and oxygen atoms in total. The third kappa shape index (κ3) is 6.23. The molecule has 0 aliphatic carbocycles. The van der Waals surface area contributed by atoms with Gasteiger partial charge in [-0.25, -0.2) is 4.79 Å². The van der Waals surface area contributed by atoms with Crippen LogP contribution in [-0.2, 0) is 27.2 Å². The number of amides is 3. The van der Waals surface area contributed by atoms with Gasteiger partial charge in [-0.1, -0.05) is 36.4 Å². The summed E-state index contributed by atoms with van der Waals surface area (Å²) in [7, 11) is 1.44. The summed E-state index contributed by atoms with van der Waals surface area (Å²) in [6.45, 7) is 12.5. The van der Waals surface area contributed by atoms with Crippen LogP contribution in [0.2, 0.25) is 0 Å². The molecule has 2 aromatic rings. The Balaban J connectivity index is 0.000000154. The zero-order chi connectivity index (χ0) is 33.5. The Hall–Kier alpha value is -3.47. The molecule has 258 valence electrons. The highest BCUT2D eigenvalue weighted by molar-refractivity contribution is 6.02. The van der Waals surface area contributed by atoms with E-state index in [4.69, 9.17) is 4.74 Å². The number of nitrogens with one attached hydrogen (secondary N) is 1. The fourth-order valence-electron chi connectivity index (χ4n) is 9.25. The van der Waals surface area contributed by atoms with E-state index < -0.39 is 0 Å². The lowest BCUT2D eigenvalue weighted by molar-refractivity contribution is -0.118. The number of nitrogens with zero attached hydrogens (tertiary/aromatic N) is 5. The smallest absolute Gasteiger partial charge is 0.409 e. The quantitative estimate of drug-likeness (QED) is 0.531. The second kappa shape index (κ2) is 13.4. The van der Waals surface area contributed by atoms with Crippen molar-refractivity contribution in [3.05, 3.63) is 59.7 Å². The first kappa shape index (κ1) is 33.0. The minimum absolute atomic E-state index is 0.00604. The average Bonchev–Trinajstić information content (AvgIpc) is 3.89. The molecule has 2 aromatic carbocycles. The lowest BCUT2D eigenvalue weighted by Gasteiger charge is -2.44. The lowest BCUT2D eigenvalue weighted by Crippen LogP contribution is -2.55. The van der Waals surface area contributed by atoms with Crippen LogP contribution >= 0.6 is 0 Å². The van der Waals surface area contributed by atoms with E-state index in [1.54, 1.807) is 4.90 Å².